The zero-order chi connectivity index (χ0) is 45.6. The number of hydrogen-bond acceptors (Lipinski definition) is 11. The van der Waals surface area contributed by atoms with Crippen LogP contribution in [0.15, 0.2) is 0 Å². The fourth-order valence-corrected chi connectivity index (χ4v) is 8.76. The Morgan fingerprint density at radius 3 is 1.93 bits per heavy atom. The van der Waals surface area contributed by atoms with Crippen molar-refractivity contribution < 1.29 is 48.4 Å². The van der Waals surface area contributed by atoms with E-state index in [0.29, 0.717) is 37.5 Å². The number of rotatable bonds is 29. The van der Waals surface area contributed by atoms with E-state index in [1.54, 1.807) is 0 Å². The summed E-state index contributed by atoms with van der Waals surface area (Å²) in [6.45, 7) is 10.5. The second-order valence-electron chi connectivity index (χ2n) is 17.2. The van der Waals surface area contributed by atoms with Gasteiger partial charge in [-0.25, -0.2) is 10.3 Å². The molecule has 2 aliphatic heterocycles. The number of carbonyl (C=O) groups excluding carboxylic acids is 9. The van der Waals surface area contributed by atoms with Gasteiger partial charge < -0.3 is 48.3 Å². The minimum atomic E-state index is -1.07. The predicted octanol–water partition coefficient (Wildman–Crippen LogP) is -0.179. The first-order chi connectivity index (χ1) is 28.8. The van der Waals surface area contributed by atoms with Crippen molar-refractivity contribution in [2.45, 2.75) is 148 Å². The highest BCUT2D eigenvalue weighted by Gasteiger charge is 2.42. The Hall–Kier alpha value is -4.66. The molecule has 20 nitrogen and oxygen atoms in total. The van der Waals surface area contributed by atoms with Crippen molar-refractivity contribution >= 4 is 65.1 Å². The number of urea groups is 1. The molecular weight excluding hydrogens is 813 g/mol. The van der Waals surface area contributed by atoms with Crippen molar-refractivity contribution in [1.29, 1.82) is 0 Å². The summed E-state index contributed by atoms with van der Waals surface area (Å²) in [5, 5.41) is 30.9. The quantitative estimate of drug-likeness (QED) is 0.0203. The maximum Gasteiger partial charge on any atom is 0.315 e. The van der Waals surface area contributed by atoms with Crippen LogP contribution in [0.1, 0.15) is 112 Å². The molecule has 10 amide bonds. The molecule has 61 heavy (non-hydrogen) atoms. The number of unbranched alkanes of at least 4 members (excludes halogenated alkanes) is 2. The Balaban J connectivity index is 1.75. The van der Waals surface area contributed by atoms with Crippen LogP contribution in [-0.2, 0) is 38.4 Å². The number of hydroxylamine groups is 1. The number of nitrogens with one attached hydrogen (secondary N) is 9. The zero-order valence-corrected chi connectivity index (χ0v) is 37.3. The molecule has 2 fully saturated rings. The van der Waals surface area contributed by atoms with E-state index in [1.165, 1.54) is 5.48 Å². The lowest BCUT2D eigenvalue weighted by Gasteiger charge is -2.27. The van der Waals surface area contributed by atoms with Crippen LogP contribution in [0.25, 0.3) is 0 Å². The van der Waals surface area contributed by atoms with E-state index in [0.717, 1.165) is 25.0 Å². The highest BCUT2D eigenvalue weighted by Crippen LogP contribution is 2.33. The fourth-order valence-electron chi connectivity index (χ4n) is 7.22. The van der Waals surface area contributed by atoms with E-state index >= 15 is 0 Å². The fraction of sp³-hybridized carbons (Fsp3) is 0.775. The number of thioether (sulfide) groups is 1. The second-order valence-corrected chi connectivity index (χ2v) is 18.4. The number of nitrogens with two attached hydrogens (primary N) is 1. The molecule has 346 valence electrons. The van der Waals surface area contributed by atoms with Crippen LogP contribution in [-0.4, -0.2) is 119 Å². The van der Waals surface area contributed by atoms with Crippen molar-refractivity contribution in [2.75, 3.05) is 25.4 Å². The summed E-state index contributed by atoms with van der Waals surface area (Å²) in [5.41, 5.74) is 7.03. The lowest BCUT2D eigenvalue weighted by Crippen LogP contribution is -2.56. The molecule has 7 atom stereocenters. The highest BCUT2D eigenvalue weighted by molar-refractivity contribution is 8.00. The van der Waals surface area contributed by atoms with Gasteiger partial charge in [0.15, 0.2) is 0 Å². The summed E-state index contributed by atoms with van der Waals surface area (Å²) in [4.78, 5) is 113. The SMILES string of the molecule is CC(C)CC(CC(=O)NO)C(=O)N[C@@H](CC(C)C)C(=O)N[C@@H](CC(C)C)C(=O)NCC(=O)NCC(=O)N[C@@H](CCCCNC(=O)CCCC[C@@H]1SC[C@@H]2NC(=O)N[C@@H]21)C(N)=O. The Labute approximate surface area is 363 Å². The lowest BCUT2D eigenvalue weighted by molar-refractivity contribution is -0.137. The van der Waals surface area contributed by atoms with Gasteiger partial charge in [-0.1, -0.05) is 48.0 Å². The number of carbonyl (C=O) groups is 9. The molecule has 0 aliphatic carbocycles. The second kappa shape index (κ2) is 27.3. The number of hydrogen-bond donors (Lipinski definition) is 11. The van der Waals surface area contributed by atoms with Crippen molar-refractivity contribution in [3.8, 4) is 0 Å². The smallest absolute Gasteiger partial charge is 0.315 e. The van der Waals surface area contributed by atoms with Crippen LogP contribution >= 0.6 is 11.8 Å². The third kappa shape index (κ3) is 20.6. The normalized spacial score (nSPS) is 18.8. The van der Waals surface area contributed by atoms with E-state index in [1.807, 2.05) is 53.3 Å². The molecule has 2 aliphatic rings. The molecule has 0 aromatic carbocycles. The highest BCUT2D eigenvalue weighted by atomic mass is 32.2. The van der Waals surface area contributed by atoms with Crippen molar-refractivity contribution in [1.82, 2.24) is 48.0 Å². The van der Waals surface area contributed by atoms with Gasteiger partial charge in [0.2, 0.25) is 47.3 Å². The Morgan fingerprint density at radius 2 is 1.31 bits per heavy atom. The summed E-state index contributed by atoms with van der Waals surface area (Å²) < 4.78 is 0. The van der Waals surface area contributed by atoms with Crippen LogP contribution < -0.4 is 53.7 Å². The standard InChI is InChI=1S/C40H70N10O10S/c1-22(2)15-25(18-32(52)50-60)37(56)46-28(17-24(5)6)39(58)47-27(16-23(3)4)38(57)44-19-33(53)43-20-34(54)45-26(36(41)55)11-9-10-14-42-31(51)13-8-7-12-30-35-29(21-61-30)48-40(59)49-35/h22-30,35,60H,7-21H2,1-6H3,(H2,41,55)(H,42,51)(H,43,53)(H,44,57)(H,45,54)(H,46,56)(H,47,58)(H,50,52)(H2,48,49,59)/t25?,26-,27-,28-,29-,30-,35-/m0/s1. The maximum atomic E-state index is 13.5. The van der Waals surface area contributed by atoms with E-state index in [9.17, 15) is 43.2 Å². The molecule has 0 aromatic rings. The van der Waals surface area contributed by atoms with Crippen molar-refractivity contribution in [2.24, 2.45) is 29.4 Å². The van der Waals surface area contributed by atoms with Gasteiger partial charge in [-0.2, -0.15) is 11.8 Å². The third-order valence-corrected chi connectivity index (χ3v) is 11.7. The van der Waals surface area contributed by atoms with E-state index in [4.69, 9.17) is 10.9 Å². The van der Waals surface area contributed by atoms with Gasteiger partial charge in [0.25, 0.3) is 0 Å². The van der Waals surface area contributed by atoms with Gasteiger partial charge in [-0.05, 0) is 69.1 Å². The monoisotopic (exact) mass is 882 g/mol. The molecule has 0 radical (unpaired) electrons. The third-order valence-electron chi connectivity index (χ3n) is 10.2. The van der Waals surface area contributed by atoms with E-state index in [2.05, 4.69) is 42.5 Å². The average molecular weight is 883 g/mol. The van der Waals surface area contributed by atoms with Gasteiger partial charge in [0, 0.05) is 36.3 Å². The minimum absolute atomic E-state index is 0.0317. The summed E-state index contributed by atoms with van der Waals surface area (Å²) in [7, 11) is 0. The summed E-state index contributed by atoms with van der Waals surface area (Å²) in [6.07, 6.45) is 4.66. The van der Waals surface area contributed by atoms with Crippen molar-refractivity contribution in [3.63, 3.8) is 0 Å². The van der Waals surface area contributed by atoms with Gasteiger partial charge in [0.05, 0.1) is 25.2 Å². The lowest BCUT2D eigenvalue weighted by atomic mass is 9.92. The number of fused-ring (bicyclic) bond motifs is 1. The molecule has 12 N–H and O–H groups in total. The molecule has 0 bridgehead atoms. The number of primary amides is 1. The maximum absolute atomic E-state index is 13.5. The van der Waals surface area contributed by atoms with E-state index in [-0.39, 0.29) is 67.5 Å². The molecule has 0 spiro atoms. The minimum Gasteiger partial charge on any atom is -0.368 e. The molecule has 0 saturated carbocycles. The van der Waals surface area contributed by atoms with Crippen LogP contribution in [0.5, 0.6) is 0 Å². The zero-order valence-electron chi connectivity index (χ0n) is 36.5. The molecule has 2 saturated heterocycles. The first-order valence-corrected chi connectivity index (χ1v) is 22.5. The molecule has 2 rings (SSSR count). The topological polar surface area (TPSA) is 308 Å². The Kier molecular flexibility index (Phi) is 23.5. The summed E-state index contributed by atoms with van der Waals surface area (Å²) >= 11 is 1.84. The van der Waals surface area contributed by atoms with Crippen molar-refractivity contribution in [3.05, 3.63) is 0 Å². The van der Waals surface area contributed by atoms with E-state index < -0.39 is 78.5 Å². The molecule has 2 heterocycles. The molecule has 21 heteroatoms. The van der Waals surface area contributed by atoms with Gasteiger partial charge >= 0.3 is 6.03 Å². The van der Waals surface area contributed by atoms with Crippen LogP contribution in [0.4, 0.5) is 4.79 Å². The predicted molar refractivity (Wildman–Crippen MR) is 228 cm³/mol. The van der Waals surface area contributed by atoms with Crippen LogP contribution in [0, 0.1) is 23.7 Å². The van der Waals surface area contributed by atoms with Gasteiger partial charge in [0.1, 0.15) is 18.1 Å². The van der Waals surface area contributed by atoms with Gasteiger partial charge in [-0.15, -0.1) is 0 Å². The van der Waals surface area contributed by atoms with Crippen LogP contribution in [0.2, 0.25) is 0 Å². The van der Waals surface area contributed by atoms with Crippen LogP contribution in [0.3, 0.4) is 0 Å². The summed E-state index contributed by atoms with van der Waals surface area (Å²) in [6, 6.07) is -2.91. The Morgan fingerprint density at radius 1 is 0.689 bits per heavy atom. The molecule has 1 unspecified atom stereocenters. The average Bonchev–Trinajstić information content (AvgIpc) is 3.74. The molecular formula is C40H70N10O10S. The number of amides is 10. The largest absolute Gasteiger partial charge is 0.368 e. The first-order valence-electron chi connectivity index (χ1n) is 21.4. The molecule has 0 aromatic heterocycles. The van der Waals surface area contributed by atoms with Gasteiger partial charge in [-0.3, -0.25) is 43.6 Å². The Bertz CT molecular complexity index is 1520. The summed E-state index contributed by atoms with van der Waals surface area (Å²) in [5.74, 6) is -4.72. The first kappa shape index (κ1) is 52.5.